The first-order valence-corrected chi connectivity index (χ1v) is 7.71. The van der Waals surface area contributed by atoms with Crippen molar-refractivity contribution < 1.29 is 19.2 Å². The number of rotatable bonds is 9. The summed E-state index contributed by atoms with van der Waals surface area (Å²) in [5.41, 5.74) is -0.697. The van der Waals surface area contributed by atoms with E-state index in [0.717, 1.165) is 31.7 Å². The van der Waals surface area contributed by atoms with Crippen LogP contribution in [-0.4, -0.2) is 30.0 Å². The molecular formula is C15H19ClN2O5. The van der Waals surface area contributed by atoms with Gasteiger partial charge in [0.1, 0.15) is 5.56 Å². The van der Waals surface area contributed by atoms with Gasteiger partial charge in [0.05, 0.1) is 4.92 Å². The number of unbranched alkanes of at least 4 members (excludes halogenated alkanes) is 3. The van der Waals surface area contributed by atoms with E-state index in [-0.39, 0.29) is 10.6 Å². The third-order valence-corrected chi connectivity index (χ3v) is 3.30. The number of amides is 1. The summed E-state index contributed by atoms with van der Waals surface area (Å²) in [6.07, 6.45) is 4.08. The fourth-order valence-corrected chi connectivity index (χ4v) is 2.03. The van der Waals surface area contributed by atoms with Crippen molar-refractivity contribution in [1.29, 1.82) is 0 Å². The number of nitro groups is 1. The number of hydrogen-bond donors (Lipinski definition) is 1. The summed E-state index contributed by atoms with van der Waals surface area (Å²) in [7, 11) is 0. The van der Waals surface area contributed by atoms with E-state index in [4.69, 9.17) is 16.3 Å². The van der Waals surface area contributed by atoms with E-state index in [0.29, 0.717) is 6.54 Å². The third kappa shape index (κ3) is 6.65. The van der Waals surface area contributed by atoms with Gasteiger partial charge in [-0.05, 0) is 18.6 Å². The number of nitro benzene ring substituents is 1. The number of halogens is 1. The first-order valence-electron chi connectivity index (χ1n) is 7.33. The van der Waals surface area contributed by atoms with Crippen molar-refractivity contribution >= 4 is 29.2 Å². The van der Waals surface area contributed by atoms with E-state index in [2.05, 4.69) is 12.2 Å². The molecule has 23 heavy (non-hydrogen) atoms. The van der Waals surface area contributed by atoms with Crippen molar-refractivity contribution in [2.24, 2.45) is 0 Å². The quantitative estimate of drug-likeness (QED) is 0.322. The van der Waals surface area contributed by atoms with Crippen LogP contribution in [0, 0.1) is 10.1 Å². The smallest absolute Gasteiger partial charge is 0.345 e. The van der Waals surface area contributed by atoms with Gasteiger partial charge in [0.25, 0.3) is 11.6 Å². The van der Waals surface area contributed by atoms with Gasteiger partial charge >= 0.3 is 5.97 Å². The summed E-state index contributed by atoms with van der Waals surface area (Å²) < 4.78 is 4.80. The highest BCUT2D eigenvalue weighted by atomic mass is 35.5. The van der Waals surface area contributed by atoms with Crippen LogP contribution in [0.4, 0.5) is 5.69 Å². The highest BCUT2D eigenvalue weighted by Crippen LogP contribution is 2.23. The minimum absolute atomic E-state index is 0.137. The molecule has 0 bridgehead atoms. The van der Waals surface area contributed by atoms with Crippen LogP contribution >= 0.6 is 11.6 Å². The molecule has 0 aliphatic rings. The predicted molar refractivity (Wildman–Crippen MR) is 85.5 cm³/mol. The lowest BCUT2D eigenvalue weighted by Crippen LogP contribution is -2.29. The zero-order valence-electron chi connectivity index (χ0n) is 12.8. The first-order chi connectivity index (χ1) is 11.0. The molecule has 0 heterocycles. The van der Waals surface area contributed by atoms with Gasteiger partial charge in [0.15, 0.2) is 6.61 Å². The summed E-state index contributed by atoms with van der Waals surface area (Å²) >= 11 is 5.67. The van der Waals surface area contributed by atoms with E-state index >= 15 is 0 Å². The molecule has 0 spiro atoms. The number of hydrogen-bond acceptors (Lipinski definition) is 5. The average Bonchev–Trinajstić information content (AvgIpc) is 2.52. The molecule has 1 aromatic rings. The van der Waals surface area contributed by atoms with Crippen LogP contribution in [0.5, 0.6) is 0 Å². The van der Waals surface area contributed by atoms with E-state index in [1.54, 1.807) is 0 Å². The first kappa shape index (κ1) is 18.9. The molecular weight excluding hydrogens is 324 g/mol. The van der Waals surface area contributed by atoms with Gasteiger partial charge in [0.2, 0.25) is 0 Å². The van der Waals surface area contributed by atoms with E-state index in [9.17, 15) is 19.7 Å². The number of benzene rings is 1. The molecule has 7 nitrogen and oxygen atoms in total. The minimum atomic E-state index is -0.936. The Morgan fingerprint density at radius 3 is 2.70 bits per heavy atom. The summed E-state index contributed by atoms with van der Waals surface area (Å²) in [6, 6.07) is 3.61. The SMILES string of the molecule is CCCCCCNC(=O)COC(=O)c1ccc(Cl)cc1[N+](=O)[O-]. The molecule has 1 N–H and O–H groups in total. The summed E-state index contributed by atoms with van der Waals surface area (Å²) in [6.45, 7) is 2.12. The van der Waals surface area contributed by atoms with Crippen LogP contribution in [-0.2, 0) is 9.53 Å². The Morgan fingerprint density at radius 2 is 2.04 bits per heavy atom. The van der Waals surface area contributed by atoms with Gasteiger partial charge < -0.3 is 10.1 Å². The molecule has 0 aromatic heterocycles. The number of esters is 1. The Kier molecular flexibility index (Phi) is 8.04. The van der Waals surface area contributed by atoms with Crippen LogP contribution in [0.25, 0.3) is 0 Å². The Bertz CT molecular complexity index is 577. The maximum atomic E-state index is 11.9. The molecule has 0 unspecified atom stereocenters. The molecule has 0 saturated carbocycles. The van der Waals surface area contributed by atoms with Gasteiger partial charge in [-0.3, -0.25) is 14.9 Å². The molecule has 0 radical (unpaired) electrons. The summed E-state index contributed by atoms with van der Waals surface area (Å²) in [4.78, 5) is 33.6. The number of carbonyl (C=O) groups excluding carboxylic acids is 2. The molecule has 0 aliphatic carbocycles. The van der Waals surface area contributed by atoms with Crippen molar-refractivity contribution in [3.05, 3.63) is 38.9 Å². The van der Waals surface area contributed by atoms with Crippen molar-refractivity contribution in [2.75, 3.05) is 13.2 Å². The normalized spacial score (nSPS) is 10.2. The summed E-state index contributed by atoms with van der Waals surface area (Å²) in [5.74, 6) is -1.37. The molecule has 0 fully saturated rings. The van der Waals surface area contributed by atoms with Crippen molar-refractivity contribution in [2.45, 2.75) is 32.6 Å². The summed E-state index contributed by atoms with van der Waals surface area (Å²) in [5, 5.41) is 13.7. The number of ether oxygens (including phenoxy) is 1. The molecule has 0 atom stereocenters. The van der Waals surface area contributed by atoms with Crippen LogP contribution in [0.1, 0.15) is 43.0 Å². The molecule has 0 saturated heterocycles. The van der Waals surface area contributed by atoms with Crippen molar-refractivity contribution in [3.63, 3.8) is 0 Å². The Morgan fingerprint density at radius 1 is 1.30 bits per heavy atom. The maximum Gasteiger partial charge on any atom is 0.345 e. The highest BCUT2D eigenvalue weighted by Gasteiger charge is 2.22. The molecule has 1 aromatic carbocycles. The monoisotopic (exact) mass is 342 g/mol. The fourth-order valence-electron chi connectivity index (χ4n) is 1.87. The second-order valence-corrected chi connectivity index (χ2v) is 5.34. The number of carbonyl (C=O) groups is 2. The standard InChI is InChI=1S/C15H19ClN2O5/c1-2-3-4-5-8-17-14(19)10-23-15(20)12-7-6-11(16)9-13(12)18(21)22/h6-7,9H,2-5,8,10H2,1H3,(H,17,19). The topological polar surface area (TPSA) is 98.5 Å². The van der Waals surface area contributed by atoms with E-state index in [1.165, 1.54) is 12.1 Å². The largest absolute Gasteiger partial charge is 0.452 e. The molecule has 1 amide bonds. The second-order valence-electron chi connectivity index (χ2n) is 4.91. The van der Waals surface area contributed by atoms with Crippen LogP contribution in [0.15, 0.2) is 18.2 Å². The zero-order chi connectivity index (χ0) is 17.2. The third-order valence-electron chi connectivity index (χ3n) is 3.06. The lowest BCUT2D eigenvalue weighted by atomic mass is 10.2. The predicted octanol–water partition coefficient (Wildman–Crippen LogP) is 3.10. The van der Waals surface area contributed by atoms with E-state index < -0.39 is 29.1 Å². The molecule has 126 valence electrons. The van der Waals surface area contributed by atoms with Gasteiger partial charge in [0, 0.05) is 17.6 Å². The minimum Gasteiger partial charge on any atom is -0.452 e. The van der Waals surface area contributed by atoms with Crippen LogP contribution in [0.2, 0.25) is 5.02 Å². The van der Waals surface area contributed by atoms with Crippen LogP contribution in [0.3, 0.4) is 0 Å². The van der Waals surface area contributed by atoms with Crippen LogP contribution < -0.4 is 5.32 Å². The van der Waals surface area contributed by atoms with E-state index in [1.807, 2.05) is 0 Å². The fraction of sp³-hybridized carbons (Fsp3) is 0.467. The maximum absolute atomic E-state index is 11.9. The second kappa shape index (κ2) is 9.78. The zero-order valence-corrected chi connectivity index (χ0v) is 13.6. The van der Waals surface area contributed by atoms with Gasteiger partial charge in [-0.15, -0.1) is 0 Å². The average molecular weight is 343 g/mol. The van der Waals surface area contributed by atoms with Crippen molar-refractivity contribution in [1.82, 2.24) is 5.32 Å². The lowest BCUT2D eigenvalue weighted by molar-refractivity contribution is -0.385. The highest BCUT2D eigenvalue weighted by molar-refractivity contribution is 6.31. The van der Waals surface area contributed by atoms with Gasteiger partial charge in [-0.25, -0.2) is 4.79 Å². The number of nitrogens with zero attached hydrogens (tertiary/aromatic N) is 1. The molecule has 1 rings (SSSR count). The van der Waals surface area contributed by atoms with Gasteiger partial charge in [-0.1, -0.05) is 37.8 Å². The lowest BCUT2D eigenvalue weighted by Gasteiger charge is -2.07. The molecule has 8 heteroatoms. The van der Waals surface area contributed by atoms with Crippen molar-refractivity contribution in [3.8, 4) is 0 Å². The molecule has 0 aliphatic heterocycles. The Hall–Kier alpha value is -2.15. The Balaban J connectivity index is 2.48. The Labute approximate surface area is 139 Å². The van der Waals surface area contributed by atoms with Gasteiger partial charge in [-0.2, -0.15) is 0 Å². The number of nitrogens with one attached hydrogen (secondary N) is 1.